The van der Waals surface area contributed by atoms with Gasteiger partial charge in [0.25, 0.3) is 0 Å². The van der Waals surface area contributed by atoms with E-state index in [0.29, 0.717) is 36.6 Å². The van der Waals surface area contributed by atoms with Crippen LogP contribution in [-0.4, -0.2) is 23.5 Å². The van der Waals surface area contributed by atoms with E-state index in [-0.39, 0.29) is 5.49 Å². The lowest BCUT2D eigenvalue weighted by Gasteiger charge is -2.19. The standard InChI is InChI=1S/C15H14N4O2/c1-20-11-4-2-3-10(7-11)19-15(17)13(8-16)12-5-6-21-9-14(12)18-19/h2-4,7,17H,5-6,9H2,1H3. The molecule has 1 aliphatic heterocycles. The van der Waals surface area contributed by atoms with Crippen LogP contribution in [0.3, 0.4) is 0 Å². The normalized spacial score (nSPS) is 13.3. The Hall–Kier alpha value is -2.65. The molecule has 1 aromatic carbocycles. The first kappa shape index (κ1) is 13.3. The number of hydrogen-bond acceptors (Lipinski definition) is 5. The van der Waals surface area contributed by atoms with Crippen molar-refractivity contribution in [2.24, 2.45) is 0 Å². The molecule has 0 spiro atoms. The van der Waals surface area contributed by atoms with Crippen LogP contribution in [0.5, 0.6) is 5.75 Å². The van der Waals surface area contributed by atoms with Crippen molar-refractivity contribution in [3.8, 4) is 17.5 Å². The third-order valence-corrected chi connectivity index (χ3v) is 3.46. The van der Waals surface area contributed by atoms with E-state index in [4.69, 9.17) is 14.9 Å². The van der Waals surface area contributed by atoms with Crippen molar-refractivity contribution in [1.82, 2.24) is 9.78 Å². The molecule has 2 aromatic rings. The minimum Gasteiger partial charge on any atom is -0.497 e. The Morgan fingerprint density at radius 2 is 2.33 bits per heavy atom. The van der Waals surface area contributed by atoms with E-state index >= 15 is 0 Å². The topological polar surface area (TPSA) is 83.9 Å². The monoisotopic (exact) mass is 282 g/mol. The van der Waals surface area contributed by atoms with Gasteiger partial charge in [-0.05, 0) is 18.6 Å². The molecule has 3 rings (SSSR count). The number of fused-ring (bicyclic) bond motifs is 1. The fourth-order valence-electron chi connectivity index (χ4n) is 2.40. The van der Waals surface area contributed by atoms with Crippen LogP contribution in [0.15, 0.2) is 24.3 Å². The second kappa shape index (κ2) is 5.38. The van der Waals surface area contributed by atoms with Crippen LogP contribution in [0, 0.1) is 16.7 Å². The number of hydrogen-bond donors (Lipinski definition) is 1. The molecule has 0 fully saturated rings. The lowest BCUT2D eigenvalue weighted by atomic mass is 10.0. The summed E-state index contributed by atoms with van der Waals surface area (Å²) < 4.78 is 12.0. The van der Waals surface area contributed by atoms with Crippen molar-refractivity contribution in [2.75, 3.05) is 13.7 Å². The quantitative estimate of drug-likeness (QED) is 0.900. The molecule has 0 radical (unpaired) electrons. The van der Waals surface area contributed by atoms with E-state index in [0.717, 1.165) is 11.3 Å². The zero-order valence-electron chi connectivity index (χ0n) is 11.6. The fraction of sp³-hybridized carbons (Fsp3) is 0.267. The maximum Gasteiger partial charge on any atom is 0.164 e. The second-order valence-corrected chi connectivity index (χ2v) is 4.68. The molecule has 0 amide bonds. The molecule has 0 saturated carbocycles. The molecule has 106 valence electrons. The minimum atomic E-state index is 0.0893. The van der Waals surface area contributed by atoms with E-state index in [1.807, 2.05) is 18.2 Å². The summed E-state index contributed by atoms with van der Waals surface area (Å²) in [7, 11) is 1.58. The Morgan fingerprint density at radius 3 is 3.10 bits per heavy atom. The first-order valence-corrected chi connectivity index (χ1v) is 6.56. The molecule has 6 heteroatoms. The van der Waals surface area contributed by atoms with Gasteiger partial charge in [-0.25, -0.2) is 4.68 Å². The molecule has 0 unspecified atom stereocenters. The van der Waals surface area contributed by atoms with E-state index in [9.17, 15) is 5.26 Å². The molecule has 1 N–H and O–H groups in total. The maximum absolute atomic E-state index is 9.37. The first-order valence-electron chi connectivity index (χ1n) is 6.56. The molecule has 2 heterocycles. The van der Waals surface area contributed by atoms with Crippen molar-refractivity contribution >= 4 is 0 Å². The highest BCUT2D eigenvalue weighted by Gasteiger charge is 2.19. The van der Waals surface area contributed by atoms with Crippen LogP contribution < -0.4 is 10.2 Å². The molecule has 0 bridgehead atoms. The Balaban J connectivity index is 2.24. The highest BCUT2D eigenvalue weighted by Crippen LogP contribution is 2.19. The zero-order chi connectivity index (χ0) is 14.8. The van der Waals surface area contributed by atoms with Crippen LogP contribution in [0.25, 0.3) is 5.69 Å². The molecular weight excluding hydrogens is 268 g/mol. The average Bonchev–Trinajstić information content (AvgIpc) is 2.54. The van der Waals surface area contributed by atoms with Gasteiger partial charge in [-0.3, -0.25) is 5.41 Å². The Labute approximate surface area is 121 Å². The zero-order valence-corrected chi connectivity index (χ0v) is 11.6. The van der Waals surface area contributed by atoms with Gasteiger partial charge in [0.1, 0.15) is 17.4 Å². The molecule has 0 aliphatic carbocycles. The SMILES string of the molecule is COc1cccc(-n2nc3c(c(C#N)c2=N)CCOC3)c1. The van der Waals surface area contributed by atoms with Crippen molar-refractivity contribution in [2.45, 2.75) is 13.0 Å². The number of methoxy groups -OCH3 is 1. The van der Waals surface area contributed by atoms with E-state index < -0.39 is 0 Å². The van der Waals surface area contributed by atoms with Gasteiger partial charge in [0, 0.05) is 11.6 Å². The number of nitrogens with one attached hydrogen (secondary N) is 1. The van der Waals surface area contributed by atoms with Crippen LogP contribution in [0.2, 0.25) is 0 Å². The third kappa shape index (κ3) is 2.28. The number of nitriles is 1. The van der Waals surface area contributed by atoms with Gasteiger partial charge in [0.15, 0.2) is 5.49 Å². The van der Waals surface area contributed by atoms with Crippen LogP contribution in [0.4, 0.5) is 0 Å². The first-order chi connectivity index (χ1) is 10.2. The molecule has 21 heavy (non-hydrogen) atoms. The van der Waals surface area contributed by atoms with Gasteiger partial charge in [0.05, 0.1) is 31.7 Å². The summed E-state index contributed by atoms with van der Waals surface area (Å²) in [6, 6.07) is 9.37. The molecule has 6 nitrogen and oxygen atoms in total. The smallest absolute Gasteiger partial charge is 0.164 e. The Bertz CT molecular complexity index is 789. The number of rotatable bonds is 2. The summed E-state index contributed by atoms with van der Waals surface area (Å²) in [5, 5.41) is 22.1. The van der Waals surface area contributed by atoms with Gasteiger partial charge in [-0.15, -0.1) is 0 Å². The predicted molar refractivity (Wildman–Crippen MR) is 74.0 cm³/mol. The van der Waals surface area contributed by atoms with Gasteiger partial charge >= 0.3 is 0 Å². The lowest BCUT2D eigenvalue weighted by Crippen LogP contribution is -2.30. The highest BCUT2D eigenvalue weighted by molar-refractivity contribution is 5.43. The number of aromatic nitrogens is 2. The fourth-order valence-corrected chi connectivity index (χ4v) is 2.40. The molecule has 0 atom stereocenters. The third-order valence-electron chi connectivity index (χ3n) is 3.46. The lowest BCUT2D eigenvalue weighted by molar-refractivity contribution is 0.105. The molecular formula is C15H14N4O2. The summed E-state index contributed by atoms with van der Waals surface area (Å²) in [5.41, 5.74) is 2.69. The summed E-state index contributed by atoms with van der Waals surface area (Å²) in [6.45, 7) is 0.931. The summed E-state index contributed by atoms with van der Waals surface area (Å²) in [4.78, 5) is 0. The van der Waals surface area contributed by atoms with Crippen LogP contribution in [0.1, 0.15) is 16.8 Å². The van der Waals surface area contributed by atoms with E-state index in [1.165, 1.54) is 4.68 Å². The molecule has 1 aliphatic rings. The van der Waals surface area contributed by atoms with Gasteiger partial charge < -0.3 is 9.47 Å². The predicted octanol–water partition coefficient (Wildman–Crippen LogP) is 1.30. The van der Waals surface area contributed by atoms with Crippen molar-refractivity contribution in [1.29, 1.82) is 10.7 Å². The molecule has 0 saturated heterocycles. The number of benzene rings is 1. The van der Waals surface area contributed by atoms with Crippen molar-refractivity contribution < 1.29 is 9.47 Å². The number of ether oxygens (including phenoxy) is 2. The minimum absolute atomic E-state index is 0.0893. The maximum atomic E-state index is 9.37. The summed E-state index contributed by atoms with van der Waals surface area (Å²) in [6.07, 6.45) is 0.621. The van der Waals surface area contributed by atoms with Crippen LogP contribution >= 0.6 is 0 Å². The summed E-state index contributed by atoms with van der Waals surface area (Å²) >= 11 is 0. The Kier molecular flexibility index (Phi) is 3.42. The molecule has 1 aromatic heterocycles. The Morgan fingerprint density at radius 1 is 1.48 bits per heavy atom. The highest BCUT2D eigenvalue weighted by atomic mass is 16.5. The van der Waals surface area contributed by atoms with Crippen molar-refractivity contribution in [3.05, 3.63) is 46.6 Å². The number of nitrogens with zero attached hydrogens (tertiary/aromatic N) is 3. The van der Waals surface area contributed by atoms with Gasteiger partial charge in [-0.2, -0.15) is 10.4 Å². The largest absolute Gasteiger partial charge is 0.497 e. The van der Waals surface area contributed by atoms with Gasteiger partial charge in [-0.1, -0.05) is 6.07 Å². The van der Waals surface area contributed by atoms with Crippen LogP contribution in [-0.2, 0) is 17.8 Å². The summed E-state index contributed by atoms with van der Waals surface area (Å²) in [5.74, 6) is 0.675. The van der Waals surface area contributed by atoms with Gasteiger partial charge in [0.2, 0.25) is 0 Å². The average molecular weight is 282 g/mol. The second-order valence-electron chi connectivity index (χ2n) is 4.68. The van der Waals surface area contributed by atoms with E-state index in [2.05, 4.69) is 11.2 Å². The van der Waals surface area contributed by atoms with Crippen molar-refractivity contribution in [3.63, 3.8) is 0 Å². The van der Waals surface area contributed by atoms with E-state index in [1.54, 1.807) is 13.2 Å².